The molecular weight excluding hydrogens is 248 g/mol. The van der Waals surface area contributed by atoms with E-state index in [9.17, 15) is 14.4 Å². The minimum absolute atomic E-state index is 0.0595. The van der Waals surface area contributed by atoms with Crippen molar-refractivity contribution in [1.82, 2.24) is 5.32 Å². The Hall–Kier alpha value is -1.28. The van der Waals surface area contributed by atoms with Crippen LogP contribution in [0.3, 0.4) is 0 Å². The van der Waals surface area contributed by atoms with E-state index in [-0.39, 0.29) is 25.2 Å². The lowest BCUT2D eigenvalue weighted by Crippen LogP contribution is -2.45. The number of thioether (sulfide) groups is 1. The van der Waals surface area contributed by atoms with Gasteiger partial charge in [0, 0.05) is 6.42 Å². The highest BCUT2D eigenvalue weighted by molar-refractivity contribution is 7.99. The summed E-state index contributed by atoms with van der Waals surface area (Å²) in [6.07, 6.45) is 0.177. The fraction of sp³-hybridized carbons (Fsp3) is 0.667. The second-order valence-corrected chi connectivity index (χ2v) is 4.34. The lowest BCUT2D eigenvalue weighted by atomic mass is 10.2. The number of carboxylic acid groups (broad SMARTS) is 1. The molecular formula is C9H16N2O5S. The number of aliphatic hydroxyl groups excluding tert-OH is 1. The average molecular weight is 264 g/mol. The minimum Gasteiger partial charge on any atom is -0.481 e. The number of amides is 2. The SMILES string of the molecule is NC(=O)[C@H](CCSCC(=O)O)NC(=O)CCO. The lowest BCUT2D eigenvalue weighted by molar-refractivity contribution is -0.134. The molecule has 0 aliphatic rings. The first kappa shape index (κ1) is 15.7. The number of rotatable bonds is 9. The van der Waals surface area contributed by atoms with Gasteiger partial charge in [-0.05, 0) is 12.2 Å². The second-order valence-electron chi connectivity index (χ2n) is 3.23. The van der Waals surface area contributed by atoms with Gasteiger partial charge >= 0.3 is 5.97 Å². The van der Waals surface area contributed by atoms with Crippen LogP contribution in [0, 0.1) is 0 Å². The Morgan fingerprint density at radius 2 is 2.00 bits per heavy atom. The highest BCUT2D eigenvalue weighted by Crippen LogP contribution is 2.05. The lowest BCUT2D eigenvalue weighted by Gasteiger charge is -2.14. The second kappa shape index (κ2) is 8.82. The first-order chi connectivity index (χ1) is 7.97. The van der Waals surface area contributed by atoms with Crippen molar-refractivity contribution in [2.24, 2.45) is 5.73 Å². The third-order valence-electron chi connectivity index (χ3n) is 1.79. The van der Waals surface area contributed by atoms with Crippen LogP contribution in [0.1, 0.15) is 12.8 Å². The maximum absolute atomic E-state index is 11.1. The number of hydrogen-bond donors (Lipinski definition) is 4. The van der Waals surface area contributed by atoms with Crippen molar-refractivity contribution >= 4 is 29.5 Å². The highest BCUT2D eigenvalue weighted by atomic mass is 32.2. The summed E-state index contributed by atoms with van der Waals surface area (Å²) in [6.45, 7) is -0.301. The van der Waals surface area contributed by atoms with Crippen LogP contribution in [0.25, 0.3) is 0 Å². The van der Waals surface area contributed by atoms with Gasteiger partial charge in [0.05, 0.1) is 12.4 Å². The number of aliphatic carboxylic acids is 1. The molecule has 2 amide bonds. The third-order valence-corrected chi connectivity index (χ3v) is 2.77. The van der Waals surface area contributed by atoms with Gasteiger partial charge in [0.1, 0.15) is 6.04 Å². The molecule has 0 aliphatic heterocycles. The summed E-state index contributed by atoms with van der Waals surface area (Å²) in [6, 6.07) is -0.824. The average Bonchev–Trinajstić information content (AvgIpc) is 2.22. The number of nitrogens with two attached hydrogens (primary N) is 1. The van der Waals surface area contributed by atoms with Gasteiger partial charge in [-0.2, -0.15) is 11.8 Å². The van der Waals surface area contributed by atoms with E-state index >= 15 is 0 Å². The smallest absolute Gasteiger partial charge is 0.313 e. The van der Waals surface area contributed by atoms with Gasteiger partial charge in [-0.25, -0.2) is 0 Å². The van der Waals surface area contributed by atoms with Crippen molar-refractivity contribution in [2.75, 3.05) is 18.1 Å². The van der Waals surface area contributed by atoms with Crippen molar-refractivity contribution in [2.45, 2.75) is 18.9 Å². The molecule has 0 bridgehead atoms. The Labute approximate surface area is 103 Å². The van der Waals surface area contributed by atoms with E-state index in [0.29, 0.717) is 5.75 Å². The first-order valence-corrected chi connectivity index (χ1v) is 6.12. The van der Waals surface area contributed by atoms with Crippen molar-refractivity contribution in [1.29, 1.82) is 0 Å². The van der Waals surface area contributed by atoms with E-state index < -0.39 is 23.8 Å². The van der Waals surface area contributed by atoms with E-state index in [4.69, 9.17) is 15.9 Å². The fourth-order valence-electron chi connectivity index (χ4n) is 1.01. The maximum Gasteiger partial charge on any atom is 0.313 e. The summed E-state index contributed by atoms with van der Waals surface area (Å²) < 4.78 is 0. The van der Waals surface area contributed by atoms with Gasteiger partial charge in [-0.15, -0.1) is 0 Å². The highest BCUT2D eigenvalue weighted by Gasteiger charge is 2.17. The fourth-order valence-corrected chi connectivity index (χ4v) is 1.74. The molecule has 0 aliphatic carbocycles. The van der Waals surface area contributed by atoms with Gasteiger partial charge in [-0.3, -0.25) is 14.4 Å². The molecule has 0 aromatic rings. The standard InChI is InChI=1S/C9H16N2O5S/c10-9(16)6(11-7(13)1-3-12)2-4-17-5-8(14)15/h6,12H,1-5H2,(H2,10,16)(H,11,13)(H,14,15)/t6-/m0/s1. The molecule has 0 heterocycles. The Balaban J connectivity index is 3.95. The van der Waals surface area contributed by atoms with Crippen molar-refractivity contribution in [3.8, 4) is 0 Å². The quantitative estimate of drug-likeness (QED) is 0.377. The summed E-state index contributed by atoms with van der Waals surface area (Å²) in [5.41, 5.74) is 5.08. The van der Waals surface area contributed by atoms with Crippen LogP contribution >= 0.6 is 11.8 Å². The van der Waals surface area contributed by atoms with Crippen LogP contribution in [-0.4, -0.2) is 52.2 Å². The summed E-state index contributed by atoms with van der Waals surface area (Å²) in [5, 5.41) is 19.3. The van der Waals surface area contributed by atoms with Gasteiger partial charge in [0.2, 0.25) is 11.8 Å². The number of carbonyl (C=O) groups is 3. The monoisotopic (exact) mass is 264 g/mol. The summed E-state index contributed by atoms with van der Waals surface area (Å²) in [5.74, 6) is -1.73. The number of carbonyl (C=O) groups excluding carboxylic acids is 2. The third kappa shape index (κ3) is 8.52. The van der Waals surface area contributed by atoms with Gasteiger partial charge in [-0.1, -0.05) is 0 Å². The van der Waals surface area contributed by atoms with Gasteiger partial charge < -0.3 is 21.3 Å². The normalized spacial score (nSPS) is 11.8. The molecule has 7 nitrogen and oxygen atoms in total. The van der Waals surface area contributed by atoms with Crippen molar-refractivity contribution in [3.05, 3.63) is 0 Å². The molecule has 0 spiro atoms. The maximum atomic E-state index is 11.1. The van der Waals surface area contributed by atoms with Crippen LogP contribution in [0.5, 0.6) is 0 Å². The number of hydrogen-bond acceptors (Lipinski definition) is 5. The van der Waals surface area contributed by atoms with Crippen molar-refractivity contribution in [3.63, 3.8) is 0 Å². The Kier molecular flexibility index (Phi) is 8.16. The van der Waals surface area contributed by atoms with Crippen LogP contribution in [0.2, 0.25) is 0 Å². The molecule has 5 N–H and O–H groups in total. The topological polar surface area (TPSA) is 130 Å². The molecule has 98 valence electrons. The summed E-state index contributed by atoms with van der Waals surface area (Å²) >= 11 is 1.14. The summed E-state index contributed by atoms with van der Waals surface area (Å²) in [4.78, 5) is 32.3. The number of primary amides is 1. The molecule has 17 heavy (non-hydrogen) atoms. The molecule has 0 rings (SSSR count). The van der Waals surface area contributed by atoms with Crippen LogP contribution in [-0.2, 0) is 14.4 Å². The number of aliphatic hydroxyl groups is 1. The molecule has 1 atom stereocenters. The molecule has 0 aromatic heterocycles. The molecule has 0 unspecified atom stereocenters. The molecule has 0 saturated heterocycles. The Morgan fingerprint density at radius 3 is 2.47 bits per heavy atom. The van der Waals surface area contributed by atoms with Crippen molar-refractivity contribution < 1.29 is 24.6 Å². The first-order valence-electron chi connectivity index (χ1n) is 4.96. The Morgan fingerprint density at radius 1 is 1.35 bits per heavy atom. The van der Waals surface area contributed by atoms with Crippen LogP contribution in [0.15, 0.2) is 0 Å². The van der Waals surface area contributed by atoms with Crippen LogP contribution in [0.4, 0.5) is 0 Å². The van der Waals surface area contributed by atoms with E-state index in [1.165, 1.54) is 0 Å². The molecule has 0 radical (unpaired) electrons. The van der Waals surface area contributed by atoms with E-state index in [0.717, 1.165) is 11.8 Å². The summed E-state index contributed by atoms with van der Waals surface area (Å²) in [7, 11) is 0. The molecule has 0 aromatic carbocycles. The zero-order valence-electron chi connectivity index (χ0n) is 9.22. The largest absolute Gasteiger partial charge is 0.481 e. The zero-order chi connectivity index (χ0) is 13.3. The van der Waals surface area contributed by atoms with E-state index in [1.54, 1.807) is 0 Å². The molecule has 0 saturated carbocycles. The molecule has 8 heteroatoms. The van der Waals surface area contributed by atoms with Gasteiger partial charge in [0.15, 0.2) is 0 Å². The number of nitrogens with one attached hydrogen (secondary N) is 1. The number of carboxylic acids is 1. The minimum atomic E-state index is -0.935. The van der Waals surface area contributed by atoms with Gasteiger partial charge in [0.25, 0.3) is 0 Å². The van der Waals surface area contributed by atoms with Crippen LogP contribution < -0.4 is 11.1 Å². The van der Waals surface area contributed by atoms with E-state index in [2.05, 4.69) is 5.32 Å². The zero-order valence-corrected chi connectivity index (χ0v) is 10.0. The predicted octanol–water partition coefficient (Wildman–Crippen LogP) is -1.45. The molecule has 0 fully saturated rings. The Bertz CT molecular complexity index is 285. The predicted molar refractivity (Wildman–Crippen MR) is 62.4 cm³/mol. The van der Waals surface area contributed by atoms with E-state index in [1.807, 2.05) is 0 Å².